The molecule has 0 spiro atoms. The zero-order valence-electron chi connectivity index (χ0n) is 16.4. The second-order valence-electron chi connectivity index (χ2n) is 7.11. The van der Waals surface area contributed by atoms with Crippen LogP contribution < -0.4 is 10.2 Å². The highest BCUT2D eigenvalue weighted by Gasteiger charge is 2.15. The Bertz CT molecular complexity index is 933. The van der Waals surface area contributed by atoms with Crippen molar-refractivity contribution in [2.45, 2.75) is 12.8 Å². The third-order valence-electron chi connectivity index (χ3n) is 4.95. The van der Waals surface area contributed by atoms with Crippen LogP contribution in [0.2, 0.25) is 0 Å². The number of anilines is 2. The first kappa shape index (κ1) is 19.1. The molecule has 3 heterocycles. The van der Waals surface area contributed by atoms with Crippen LogP contribution in [0, 0.1) is 0 Å². The third kappa shape index (κ3) is 4.97. The fourth-order valence-electron chi connectivity index (χ4n) is 3.22. The molecule has 4 rings (SSSR count). The average molecular weight is 392 g/mol. The summed E-state index contributed by atoms with van der Waals surface area (Å²) >= 11 is 0. The number of carbonyl (C=O) groups is 1. The Morgan fingerprint density at radius 1 is 1.10 bits per heavy atom. The maximum absolute atomic E-state index is 12.3. The van der Waals surface area contributed by atoms with Crippen LogP contribution in [-0.4, -0.2) is 59.2 Å². The first-order valence-electron chi connectivity index (χ1n) is 9.75. The normalized spacial score (nSPS) is 14.7. The lowest BCUT2D eigenvalue weighted by Crippen LogP contribution is -2.44. The summed E-state index contributed by atoms with van der Waals surface area (Å²) in [4.78, 5) is 25.4. The van der Waals surface area contributed by atoms with Crippen LogP contribution in [0.5, 0.6) is 0 Å². The molecule has 0 bridgehead atoms. The minimum atomic E-state index is -0.0880. The van der Waals surface area contributed by atoms with Crippen LogP contribution in [0.3, 0.4) is 0 Å². The molecule has 1 aliphatic heterocycles. The molecule has 29 heavy (non-hydrogen) atoms. The highest BCUT2D eigenvalue weighted by molar-refractivity contribution is 5.90. The number of piperazine rings is 1. The number of nitrogens with one attached hydrogen (secondary N) is 1. The summed E-state index contributed by atoms with van der Waals surface area (Å²) in [7, 11) is 2.14. The molecule has 3 aromatic rings. The summed E-state index contributed by atoms with van der Waals surface area (Å²) in [5.74, 6) is 0.765. The Kier molecular flexibility index (Phi) is 5.81. The van der Waals surface area contributed by atoms with Crippen molar-refractivity contribution in [1.82, 2.24) is 20.0 Å². The SMILES string of the molecule is CN1CCN(c2ccc(NC(=O)CCc3nc(-c4ccccn4)no3)cc2)CC1. The van der Waals surface area contributed by atoms with Crippen LogP contribution in [0.15, 0.2) is 53.2 Å². The maximum Gasteiger partial charge on any atom is 0.227 e. The summed E-state index contributed by atoms with van der Waals surface area (Å²) in [5.41, 5.74) is 2.61. The molecule has 1 saturated heterocycles. The van der Waals surface area contributed by atoms with Crippen LogP contribution in [0.1, 0.15) is 12.3 Å². The molecule has 0 unspecified atom stereocenters. The highest BCUT2D eigenvalue weighted by Crippen LogP contribution is 2.19. The second-order valence-corrected chi connectivity index (χ2v) is 7.11. The molecule has 1 N–H and O–H groups in total. The molecule has 8 heteroatoms. The van der Waals surface area contributed by atoms with Crippen molar-refractivity contribution < 1.29 is 9.32 Å². The van der Waals surface area contributed by atoms with E-state index in [4.69, 9.17) is 4.52 Å². The van der Waals surface area contributed by atoms with E-state index in [9.17, 15) is 4.79 Å². The third-order valence-corrected chi connectivity index (χ3v) is 4.95. The number of hydrogen-bond donors (Lipinski definition) is 1. The first-order valence-corrected chi connectivity index (χ1v) is 9.75. The number of nitrogens with zero attached hydrogens (tertiary/aromatic N) is 5. The lowest BCUT2D eigenvalue weighted by atomic mass is 10.2. The summed E-state index contributed by atoms with van der Waals surface area (Å²) in [6, 6.07) is 13.5. The number of aromatic nitrogens is 3. The Morgan fingerprint density at radius 3 is 2.62 bits per heavy atom. The summed E-state index contributed by atoms with van der Waals surface area (Å²) in [6.07, 6.45) is 2.32. The minimum absolute atomic E-state index is 0.0880. The molecule has 2 aromatic heterocycles. The van der Waals surface area contributed by atoms with Gasteiger partial charge < -0.3 is 19.6 Å². The van der Waals surface area contributed by atoms with Crippen molar-refractivity contribution in [1.29, 1.82) is 0 Å². The van der Waals surface area contributed by atoms with Crippen molar-refractivity contribution in [2.24, 2.45) is 0 Å². The predicted molar refractivity (Wildman–Crippen MR) is 111 cm³/mol. The van der Waals surface area contributed by atoms with E-state index in [0.29, 0.717) is 23.8 Å². The van der Waals surface area contributed by atoms with E-state index in [1.807, 2.05) is 30.3 Å². The topological polar surface area (TPSA) is 87.4 Å². The van der Waals surface area contributed by atoms with E-state index in [1.54, 1.807) is 6.20 Å². The van der Waals surface area contributed by atoms with Gasteiger partial charge in [-0.2, -0.15) is 4.98 Å². The number of hydrogen-bond acceptors (Lipinski definition) is 7. The van der Waals surface area contributed by atoms with E-state index in [-0.39, 0.29) is 12.3 Å². The zero-order chi connectivity index (χ0) is 20.1. The number of likely N-dealkylation sites (N-methyl/N-ethyl adjacent to an activating group) is 1. The van der Waals surface area contributed by atoms with Gasteiger partial charge in [0.2, 0.25) is 17.6 Å². The summed E-state index contributed by atoms with van der Waals surface area (Å²) in [6.45, 7) is 4.17. The number of rotatable bonds is 6. The highest BCUT2D eigenvalue weighted by atomic mass is 16.5. The van der Waals surface area contributed by atoms with Crippen LogP contribution in [0.4, 0.5) is 11.4 Å². The van der Waals surface area contributed by atoms with Gasteiger partial charge in [-0.3, -0.25) is 9.78 Å². The van der Waals surface area contributed by atoms with E-state index in [1.165, 1.54) is 5.69 Å². The maximum atomic E-state index is 12.3. The molecule has 8 nitrogen and oxygen atoms in total. The molecule has 0 saturated carbocycles. The zero-order valence-corrected chi connectivity index (χ0v) is 16.4. The second kappa shape index (κ2) is 8.83. The van der Waals surface area contributed by atoms with Gasteiger partial charge in [0.25, 0.3) is 0 Å². The average Bonchev–Trinajstić information content (AvgIpc) is 3.23. The lowest BCUT2D eigenvalue weighted by Gasteiger charge is -2.34. The molecular weight excluding hydrogens is 368 g/mol. The quantitative estimate of drug-likeness (QED) is 0.689. The Labute approximate surface area is 169 Å². The van der Waals surface area contributed by atoms with Gasteiger partial charge in [-0.1, -0.05) is 11.2 Å². The Morgan fingerprint density at radius 2 is 1.90 bits per heavy atom. The number of carbonyl (C=O) groups excluding carboxylic acids is 1. The van der Waals surface area contributed by atoms with Crippen molar-refractivity contribution in [3.63, 3.8) is 0 Å². The standard InChI is InChI=1S/C21H24N6O2/c1-26-12-14-27(15-13-26)17-7-5-16(6-8-17)23-19(28)9-10-20-24-21(25-29-20)18-4-2-3-11-22-18/h2-8,11H,9-10,12-15H2,1H3,(H,23,28). The van der Waals surface area contributed by atoms with Gasteiger partial charge in [0.05, 0.1) is 0 Å². The van der Waals surface area contributed by atoms with Crippen molar-refractivity contribution >= 4 is 17.3 Å². The molecule has 0 radical (unpaired) electrons. The molecule has 1 aromatic carbocycles. The number of aryl methyl sites for hydroxylation is 1. The van der Waals surface area contributed by atoms with Crippen molar-refractivity contribution in [3.05, 3.63) is 54.6 Å². The first-order chi connectivity index (χ1) is 14.2. The molecular formula is C21H24N6O2. The van der Waals surface area contributed by atoms with Gasteiger partial charge in [-0.05, 0) is 43.4 Å². The Hall–Kier alpha value is -3.26. The van der Waals surface area contributed by atoms with Gasteiger partial charge >= 0.3 is 0 Å². The van der Waals surface area contributed by atoms with Gasteiger partial charge in [-0.25, -0.2) is 0 Å². The van der Waals surface area contributed by atoms with E-state index in [0.717, 1.165) is 31.9 Å². The summed E-state index contributed by atoms with van der Waals surface area (Å²) in [5, 5.41) is 6.84. The number of benzene rings is 1. The molecule has 1 amide bonds. The van der Waals surface area contributed by atoms with Gasteiger partial charge in [0, 0.05) is 56.6 Å². The molecule has 1 fully saturated rings. The van der Waals surface area contributed by atoms with Gasteiger partial charge in [-0.15, -0.1) is 0 Å². The Balaban J connectivity index is 1.27. The fourth-order valence-corrected chi connectivity index (χ4v) is 3.22. The largest absolute Gasteiger partial charge is 0.369 e. The minimum Gasteiger partial charge on any atom is -0.369 e. The molecule has 1 aliphatic rings. The molecule has 0 atom stereocenters. The summed E-state index contributed by atoms with van der Waals surface area (Å²) < 4.78 is 5.22. The van der Waals surface area contributed by atoms with E-state index < -0.39 is 0 Å². The number of pyridine rings is 1. The fraction of sp³-hybridized carbons (Fsp3) is 0.333. The van der Waals surface area contributed by atoms with E-state index >= 15 is 0 Å². The smallest absolute Gasteiger partial charge is 0.227 e. The van der Waals surface area contributed by atoms with Gasteiger partial charge in [0.15, 0.2) is 0 Å². The van der Waals surface area contributed by atoms with Crippen LogP contribution in [-0.2, 0) is 11.2 Å². The number of amides is 1. The van der Waals surface area contributed by atoms with Crippen LogP contribution in [0.25, 0.3) is 11.5 Å². The van der Waals surface area contributed by atoms with Crippen molar-refractivity contribution in [3.8, 4) is 11.5 Å². The van der Waals surface area contributed by atoms with Crippen LogP contribution >= 0.6 is 0 Å². The van der Waals surface area contributed by atoms with Gasteiger partial charge in [0.1, 0.15) is 5.69 Å². The molecule has 0 aliphatic carbocycles. The lowest BCUT2D eigenvalue weighted by molar-refractivity contribution is -0.116. The van der Waals surface area contributed by atoms with E-state index in [2.05, 4.69) is 49.4 Å². The molecule has 150 valence electrons. The monoisotopic (exact) mass is 392 g/mol. The predicted octanol–water partition coefficient (Wildman–Crippen LogP) is 2.45. The van der Waals surface area contributed by atoms with Crippen molar-refractivity contribution in [2.75, 3.05) is 43.4 Å².